The summed E-state index contributed by atoms with van der Waals surface area (Å²) in [6.45, 7) is 0. The van der Waals surface area contributed by atoms with Crippen LogP contribution in [0.3, 0.4) is 0 Å². The van der Waals surface area contributed by atoms with Gasteiger partial charge in [0.1, 0.15) is 0 Å². The Morgan fingerprint density at radius 2 is 1.90 bits per heavy atom. The third-order valence-corrected chi connectivity index (χ3v) is 0.502. The summed E-state index contributed by atoms with van der Waals surface area (Å²) < 4.78 is 33.6. The number of hydrogen-bond acceptors (Lipinski definition) is 2. The van der Waals surface area contributed by atoms with Gasteiger partial charge in [-0.1, -0.05) is 0 Å². The molecule has 0 bridgehead atoms. The highest BCUT2D eigenvalue weighted by atomic mass is 19.4. The lowest BCUT2D eigenvalue weighted by Crippen LogP contribution is -2.44. The molecule has 7 heteroatoms. The topological polar surface area (TPSA) is 58.2 Å². The first-order chi connectivity index (χ1) is 4.48. The lowest BCUT2D eigenvalue weighted by molar-refractivity contribution is -0.174. The van der Waals surface area contributed by atoms with Crippen LogP contribution in [-0.4, -0.2) is 18.5 Å². The summed E-state index contributed by atoms with van der Waals surface area (Å²) in [5.41, 5.74) is 2.44. The van der Waals surface area contributed by atoms with Crippen LogP contribution in [0, 0.1) is 0 Å². The minimum absolute atomic E-state index is 0.0797. The first-order valence-corrected chi connectivity index (χ1v) is 2.05. The molecule has 0 aromatic rings. The fourth-order valence-electron chi connectivity index (χ4n) is 0.166. The maximum absolute atomic E-state index is 11.2. The van der Waals surface area contributed by atoms with Crippen molar-refractivity contribution in [2.45, 2.75) is 6.18 Å². The van der Waals surface area contributed by atoms with Crippen molar-refractivity contribution in [2.75, 3.05) is 0 Å². The van der Waals surface area contributed by atoms with Crippen molar-refractivity contribution in [3.8, 4) is 0 Å². The molecule has 0 aliphatic rings. The van der Waals surface area contributed by atoms with E-state index in [1.807, 2.05) is 0 Å². The molecule has 2 amide bonds. The van der Waals surface area contributed by atoms with Crippen LogP contribution in [0.25, 0.3) is 0 Å². The standard InChI is InChI=1S/C3H3F3N2O2/c4-3(5,6)2(10)8-7-1-9/h1H,(H,7,9)(H,8,10). The van der Waals surface area contributed by atoms with E-state index in [1.165, 1.54) is 5.43 Å². The molecule has 0 fully saturated rings. The summed E-state index contributed by atoms with van der Waals surface area (Å²) in [5.74, 6) is -2.21. The molecule has 10 heavy (non-hydrogen) atoms. The average Bonchev–Trinajstić information content (AvgIpc) is 1.80. The zero-order chi connectivity index (χ0) is 8.20. The molecule has 0 rings (SSSR count). The molecule has 0 saturated carbocycles. The highest BCUT2D eigenvalue weighted by Gasteiger charge is 2.38. The van der Waals surface area contributed by atoms with Crippen molar-refractivity contribution >= 4 is 12.3 Å². The summed E-state index contributed by atoms with van der Waals surface area (Å²) in [7, 11) is 0. The Balaban J connectivity index is 3.74. The van der Waals surface area contributed by atoms with E-state index in [1.54, 1.807) is 0 Å². The molecule has 0 aromatic heterocycles. The van der Waals surface area contributed by atoms with Crippen LogP contribution >= 0.6 is 0 Å². The van der Waals surface area contributed by atoms with Crippen molar-refractivity contribution in [1.82, 2.24) is 10.9 Å². The fourth-order valence-corrected chi connectivity index (χ4v) is 0.166. The molecule has 0 aliphatic heterocycles. The number of hydrazine groups is 1. The molecular formula is C3H3F3N2O2. The number of rotatable bonds is 2. The van der Waals surface area contributed by atoms with Gasteiger partial charge in [-0.15, -0.1) is 0 Å². The third kappa shape index (κ3) is 2.90. The molecular weight excluding hydrogens is 153 g/mol. The van der Waals surface area contributed by atoms with Gasteiger partial charge >= 0.3 is 12.1 Å². The first kappa shape index (κ1) is 8.73. The van der Waals surface area contributed by atoms with Crippen LogP contribution in [0.4, 0.5) is 13.2 Å². The molecule has 0 saturated heterocycles. The number of amides is 2. The Morgan fingerprint density at radius 3 is 2.20 bits per heavy atom. The van der Waals surface area contributed by atoms with Gasteiger partial charge in [0.05, 0.1) is 0 Å². The van der Waals surface area contributed by atoms with Crippen LogP contribution in [0.15, 0.2) is 0 Å². The zero-order valence-electron chi connectivity index (χ0n) is 4.53. The Morgan fingerprint density at radius 1 is 1.40 bits per heavy atom. The Kier molecular flexibility index (Phi) is 2.65. The smallest absolute Gasteiger partial charge is 0.277 e. The van der Waals surface area contributed by atoms with E-state index in [0.29, 0.717) is 0 Å². The van der Waals surface area contributed by atoms with E-state index in [9.17, 15) is 22.8 Å². The maximum Gasteiger partial charge on any atom is 0.472 e. The van der Waals surface area contributed by atoms with Gasteiger partial charge in [0.25, 0.3) is 0 Å². The molecule has 0 unspecified atom stereocenters. The summed E-state index contributed by atoms with van der Waals surface area (Å²) in [4.78, 5) is 19.1. The Bertz CT molecular complexity index is 143. The lowest BCUT2D eigenvalue weighted by atomic mass is 10.6. The quantitative estimate of drug-likeness (QED) is 0.411. The maximum atomic E-state index is 11.2. The number of carbonyl (C=O) groups excluding carboxylic acids is 2. The minimum Gasteiger partial charge on any atom is -0.277 e. The normalized spacial score (nSPS) is 10.3. The second kappa shape index (κ2) is 3.04. The SMILES string of the molecule is O=CNNC(=O)C(F)(F)F. The van der Waals surface area contributed by atoms with Gasteiger partial charge in [-0.2, -0.15) is 13.2 Å². The van der Waals surface area contributed by atoms with E-state index in [2.05, 4.69) is 0 Å². The molecule has 0 aromatic carbocycles. The van der Waals surface area contributed by atoms with Gasteiger partial charge in [-0.3, -0.25) is 20.4 Å². The van der Waals surface area contributed by atoms with Crippen LogP contribution < -0.4 is 10.9 Å². The number of nitrogens with one attached hydrogen (secondary N) is 2. The summed E-state index contributed by atoms with van der Waals surface area (Å²) in [5, 5.41) is 0. The second-order valence-electron chi connectivity index (χ2n) is 1.21. The van der Waals surface area contributed by atoms with Crippen molar-refractivity contribution in [2.24, 2.45) is 0 Å². The van der Waals surface area contributed by atoms with Gasteiger partial charge in [0, 0.05) is 0 Å². The van der Waals surface area contributed by atoms with Crippen molar-refractivity contribution < 1.29 is 22.8 Å². The van der Waals surface area contributed by atoms with E-state index in [4.69, 9.17) is 0 Å². The second-order valence-corrected chi connectivity index (χ2v) is 1.21. The van der Waals surface area contributed by atoms with E-state index >= 15 is 0 Å². The molecule has 0 radical (unpaired) electrons. The first-order valence-electron chi connectivity index (χ1n) is 2.05. The van der Waals surface area contributed by atoms with Gasteiger partial charge in [-0.25, -0.2) is 0 Å². The number of carbonyl (C=O) groups is 2. The summed E-state index contributed by atoms with van der Waals surface area (Å²) in [6.07, 6.45) is -5.04. The molecule has 0 heterocycles. The molecule has 0 aliphatic carbocycles. The number of hydrogen-bond donors (Lipinski definition) is 2. The largest absolute Gasteiger partial charge is 0.472 e. The highest BCUT2D eigenvalue weighted by Crippen LogP contribution is 2.13. The Labute approximate surface area is 53.4 Å². The minimum atomic E-state index is -4.96. The van der Waals surface area contributed by atoms with Crippen LogP contribution in [0.5, 0.6) is 0 Å². The van der Waals surface area contributed by atoms with Crippen LogP contribution in [0.1, 0.15) is 0 Å². The molecule has 58 valence electrons. The molecule has 0 spiro atoms. The number of halogens is 3. The zero-order valence-corrected chi connectivity index (χ0v) is 4.53. The van der Waals surface area contributed by atoms with Gasteiger partial charge in [0.15, 0.2) is 0 Å². The van der Waals surface area contributed by atoms with Crippen LogP contribution in [0.2, 0.25) is 0 Å². The van der Waals surface area contributed by atoms with Crippen molar-refractivity contribution in [3.63, 3.8) is 0 Å². The van der Waals surface area contributed by atoms with Gasteiger partial charge < -0.3 is 0 Å². The Hall–Kier alpha value is -1.27. The third-order valence-electron chi connectivity index (χ3n) is 0.502. The van der Waals surface area contributed by atoms with E-state index < -0.39 is 12.1 Å². The summed E-state index contributed by atoms with van der Waals surface area (Å²) >= 11 is 0. The highest BCUT2D eigenvalue weighted by molar-refractivity contribution is 5.82. The molecule has 2 N–H and O–H groups in total. The summed E-state index contributed by atoms with van der Waals surface area (Å²) in [6, 6.07) is 0. The van der Waals surface area contributed by atoms with E-state index in [-0.39, 0.29) is 6.41 Å². The molecule has 4 nitrogen and oxygen atoms in total. The van der Waals surface area contributed by atoms with Crippen molar-refractivity contribution in [3.05, 3.63) is 0 Å². The fraction of sp³-hybridized carbons (Fsp3) is 0.333. The van der Waals surface area contributed by atoms with Crippen molar-refractivity contribution in [1.29, 1.82) is 0 Å². The van der Waals surface area contributed by atoms with Gasteiger partial charge in [0.2, 0.25) is 6.41 Å². The predicted octanol–water partition coefficient (Wildman–Crippen LogP) is -0.674. The van der Waals surface area contributed by atoms with E-state index in [0.717, 1.165) is 5.43 Å². The number of alkyl halides is 3. The predicted molar refractivity (Wildman–Crippen MR) is 23.4 cm³/mol. The van der Waals surface area contributed by atoms with Crippen LogP contribution in [-0.2, 0) is 9.59 Å². The average molecular weight is 156 g/mol. The monoisotopic (exact) mass is 156 g/mol. The lowest BCUT2D eigenvalue weighted by Gasteiger charge is -2.04. The van der Waals surface area contributed by atoms with Gasteiger partial charge in [-0.05, 0) is 0 Å². The molecule has 0 atom stereocenters.